The van der Waals surface area contributed by atoms with E-state index in [-0.39, 0.29) is 30.9 Å². The van der Waals surface area contributed by atoms with Gasteiger partial charge in [0.25, 0.3) is 5.91 Å². The molecule has 2 aliphatic heterocycles. The molecule has 0 spiro atoms. The summed E-state index contributed by atoms with van der Waals surface area (Å²) in [5.74, 6) is -0.254. The molecule has 0 aliphatic carbocycles. The molecule has 1 aromatic carbocycles. The van der Waals surface area contributed by atoms with E-state index >= 15 is 0 Å². The number of aromatic nitrogens is 2. The van der Waals surface area contributed by atoms with Crippen molar-refractivity contribution in [3.05, 3.63) is 53.6 Å². The van der Waals surface area contributed by atoms with E-state index in [0.717, 1.165) is 16.8 Å². The largest absolute Gasteiger partial charge is 0.443 e. The standard InChI is InChI=1S/C20H23N3O4/c1-20(2,3)19(25)26-12-22-10-13(21-11-22)8-9-23-17(24)15-7-5-4-6-14(15)16-18(23)27-16/h4-7,10-11,16,18H,8-9,12H2,1-3H3. The van der Waals surface area contributed by atoms with Gasteiger partial charge in [0, 0.05) is 24.7 Å². The molecule has 2 aliphatic rings. The Morgan fingerprint density at radius 2 is 2.07 bits per heavy atom. The molecule has 0 bridgehead atoms. The third-order valence-corrected chi connectivity index (χ3v) is 4.79. The van der Waals surface area contributed by atoms with E-state index in [1.807, 2.05) is 51.2 Å². The number of carbonyl (C=O) groups is 2. The summed E-state index contributed by atoms with van der Waals surface area (Å²) in [6.07, 6.45) is 3.91. The molecule has 7 nitrogen and oxygen atoms in total. The number of hydrogen-bond acceptors (Lipinski definition) is 5. The van der Waals surface area contributed by atoms with Gasteiger partial charge in [-0.1, -0.05) is 18.2 Å². The quantitative estimate of drug-likeness (QED) is 0.598. The molecule has 0 N–H and O–H groups in total. The number of nitrogens with zero attached hydrogens (tertiary/aromatic N) is 3. The maximum absolute atomic E-state index is 12.7. The summed E-state index contributed by atoms with van der Waals surface area (Å²) in [6, 6.07) is 7.61. The molecule has 1 amide bonds. The summed E-state index contributed by atoms with van der Waals surface area (Å²) >= 11 is 0. The second-order valence-electron chi connectivity index (χ2n) is 7.97. The van der Waals surface area contributed by atoms with Crippen molar-refractivity contribution in [2.75, 3.05) is 6.54 Å². The van der Waals surface area contributed by atoms with Crippen molar-refractivity contribution in [3.8, 4) is 0 Å². The molecule has 0 saturated carbocycles. The number of amides is 1. The van der Waals surface area contributed by atoms with Crippen LogP contribution in [0.1, 0.15) is 48.5 Å². The minimum absolute atomic E-state index is 0.00268. The highest BCUT2D eigenvalue weighted by atomic mass is 16.6. The Morgan fingerprint density at radius 1 is 1.30 bits per heavy atom. The Morgan fingerprint density at radius 3 is 2.85 bits per heavy atom. The number of imidazole rings is 1. The summed E-state index contributed by atoms with van der Waals surface area (Å²) in [6.45, 7) is 6.11. The Hall–Kier alpha value is -2.67. The van der Waals surface area contributed by atoms with Crippen LogP contribution in [0.25, 0.3) is 0 Å². The first kappa shape index (κ1) is 17.7. The van der Waals surface area contributed by atoms with Crippen molar-refractivity contribution in [1.29, 1.82) is 0 Å². The van der Waals surface area contributed by atoms with E-state index < -0.39 is 5.41 Å². The van der Waals surface area contributed by atoms with Crippen molar-refractivity contribution in [2.24, 2.45) is 5.41 Å². The molecule has 0 radical (unpaired) electrons. The smallest absolute Gasteiger partial charge is 0.312 e. The van der Waals surface area contributed by atoms with E-state index in [0.29, 0.717) is 13.0 Å². The summed E-state index contributed by atoms with van der Waals surface area (Å²) in [7, 11) is 0. The molecule has 1 saturated heterocycles. The molecule has 1 aromatic heterocycles. The number of carbonyl (C=O) groups excluding carboxylic acids is 2. The number of rotatable bonds is 5. The molecule has 4 rings (SSSR count). The average molecular weight is 369 g/mol. The Balaban J connectivity index is 1.35. The summed E-state index contributed by atoms with van der Waals surface area (Å²) in [4.78, 5) is 30.7. The van der Waals surface area contributed by atoms with Gasteiger partial charge in [0.05, 0.1) is 17.4 Å². The van der Waals surface area contributed by atoms with Crippen molar-refractivity contribution in [1.82, 2.24) is 14.5 Å². The van der Waals surface area contributed by atoms with Crippen molar-refractivity contribution < 1.29 is 19.1 Å². The highest BCUT2D eigenvalue weighted by Gasteiger charge is 2.52. The molecule has 2 aromatic rings. The first-order valence-electron chi connectivity index (χ1n) is 9.08. The van der Waals surface area contributed by atoms with E-state index in [2.05, 4.69) is 4.98 Å². The number of epoxide rings is 1. The molecule has 2 atom stereocenters. The zero-order valence-corrected chi connectivity index (χ0v) is 15.7. The number of esters is 1. The van der Waals surface area contributed by atoms with Crippen molar-refractivity contribution >= 4 is 11.9 Å². The molecule has 27 heavy (non-hydrogen) atoms. The normalized spacial score (nSPS) is 20.9. The van der Waals surface area contributed by atoms with Crippen LogP contribution < -0.4 is 0 Å². The van der Waals surface area contributed by atoms with Gasteiger partial charge in [0.2, 0.25) is 0 Å². The number of fused-ring (bicyclic) bond motifs is 3. The predicted octanol–water partition coefficient (Wildman–Crippen LogP) is 2.53. The molecule has 1 fully saturated rings. The van der Waals surface area contributed by atoms with Gasteiger partial charge in [-0.25, -0.2) is 4.98 Å². The van der Waals surface area contributed by atoms with Gasteiger partial charge in [-0.3, -0.25) is 9.59 Å². The Labute approximate surface area is 157 Å². The van der Waals surface area contributed by atoms with Crippen LogP contribution in [0.2, 0.25) is 0 Å². The third-order valence-electron chi connectivity index (χ3n) is 4.79. The fourth-order valence-electron chi connectivity index (χ4n) is 3.20. The van der Waals surface area contributed by atoms with Gasteiger partial charge in [0.15, 0.2) is 13.0 Å². The molecule has 142 valence electrons. The number of ether oxygens (including phenoxy) is 2. The van der Waals surface area contributed by atoms with Gasteiger partial charge in [-0.2, -0.15) is 0 Å². The Kier molecular flexibility index (Phi) is 4.26. The second-order valence-corrected chi connectivity index (χ2v) is 7.97. The lowest BCUT2D eigenvalue weighted by Gasteiger charge is -2.25. The summed E-state index contributed by atoms with van der Waals surface area (Å²) in [5, 5.41) is 0. The number of benzene rings is 1. The molecule has 3 heterocycles. The van der Waals surface area contributed by atoms with E-state index in [9.17, 15) is 9.59 Å². The fraction of sp³-hybridized carbons (Fsp3) is 0.450. The fourth-order valence-corrected chi connectivity index (χ4v) is 3.20. The van der Waals surface area contributed by atoms with Crippen LogP contribution in [0.15, 0.2) is 36.8 Å². The summed E-state index contributed by atoms with van der Waals surface area (Å²) in [5.41, 5.74) is 2.00. The van der Waals surface area contributed by atoms with E-state index in [4.69, 9.17) is 9.47 Å². The minimum atomic E-state index is -0.533. The monoisotopic (exact) mass is 369 g/mol. The molecular weight excluding hydrogens is 346 g/mol. The number of hydrogen-bond donors (Lipinski definition) is 0. The Bertz CT molecular complexity index is 883. The van der Waals surface area contributed by atoms with Crippen LogP contribution in [-0.4, -0.2) is 39.1 Å². The second kappa shape index (κ2) is 6.49. The van der Waals surface area contributed by atoms with Crippen LogP contribution in [0, 0.1) is 5.41 Å². The van der Waals surface area contributed by atoms with Gasteiger partial charge in [0.1, 0.15) is 6.10 Å². The topological polar surface area (TPSA) is 77.0 Å². The lowest BCUT2D eigenvalue weighted by molar-refractivity contribution is -0.156. The highest BCUT2D eigenvalue weighted by Crippen LogP contribution is 2.46. The molecular formula is C20H23N3O4. The SMILES string of the molecule is CC(C)(C)C(=O)OCn1cnc(CCN2C(=O)c3ccccc3C3OC32)c1. The van der Waals surface area contributed by atoms with Crippen molar-refractivity contribution in [2.45, 2.75) is 46.3 Å². The third kappa shape index (κ3) is 3.47. The highest BCUT2D eigenvalue weighted by molar-refractivity contribution is 5.97. The lowest BCUT2D eigenvalue weighted by Crippen LogP contribution is -2.39. The minimum Gasteiger partial charge on any atom is -0.443 e. The van der Waals surface area contributed by atoms with Crippen LogP contribution in [0.5, 0.6) is 0 Å². The van der Waals surface area contributed by atoms with Gasteiger partial charge < -0.3 is 18.9 Å². The van der Waals surface area contributed by atoms with Crippen LogP contribution in [0.3, 0.4) is 0 Å². The molecule has 2 unspecified atom stereocenters. The van der Waals surface area contributed by atoms with Crippen LogP contribution >= 0.6 is 0 Å². The van der Waals surface area contributed by atoms with Crippen LogP contribution in [-0.2, 0) is 27.4 Å². The van der Waals surface area contributed by atoms with Crippen molar-refractivity contribution in [3.63, 3.8) is 0 Å². The first-order chi connectivity index (χ1) is 12.8. The summed E-state index contributed by atoms with van der Waals surface area (Å²) < 4.78 is 12.7. The van der Waals surface area contributed by atoms with Gasteiger partial charge in [-0.05, 0) is 32.4 Å². The molecule has 7 heteroatoms. The first-order valence-corrected chi connectivity index (χ1v) is 9.08. The lowest BCUT2D eigenvalue weighted by atomic mass is 9.98. The maximum atomic E-state index is 12.7. The predicted molar refractivity (Wildman–Crippen MR) is 96.6 cm³/mol. The zero-order valence-electron chi connectivity index (χ0n) is 15.7. The van der Waals surface area contributed by atoms with Gasteiger partial charge >= 0.3 is 5.97 Å². The van der Waals surface area contributed by atoms with Gasteiger partial charge in [-0.15, -0.1) is 0 Å². The average Bonchev–Trinajstić information content (AvgIpc) is 3.30. The van der Waals surface area contributed by atoms with Crippen LogP contribution in [0.4, 0.5) is 0 Å². The van der Waals surface area contributed by atoms with E-state index in [1.54, 1.807) is 15.8 Å². The van der Waals surface area contributed by atoms with E-state index in [1.165, 1.54) is 0 Å². The maximum Gasteiger partial charge on any atom is 0.312 e. The zero-order chi connectivity index (χ0) is 19.2.